The van der Waals surface area contributed by atoms with Crippen molar-refractivity contribution in [1.82, 2.24) is 29.0 Å². The normalized spacial score (nSPS) is 15.2. The van der Waals surface area contributed by atoms with Crippen LogP contribution >= 0.6 is 9.39 Å². The lowest BCUT2D eigenvalue weighted by Crippen LogP contribution is -2.58. The van der Waals surface area contributed by atoms with Crippen LogP contribution in [0.4, 0.5) is 4.79 Å². The average molecular weight is 445 g/mol. The molecule has 9 nitrogen and oxygen atoms in total. The van der Waals surface area contributed by atoms with Crippen molar-refractivity contribution >= 4 is 26.5 Å². The number of fused-ring (bicyclic) bond motifs is 1. The second kappa shape index (κ2) is 8.15. The summed E-state index contributed by atoms with van der Waals surface area (Å²) in [6.07, 6.45) is 6.57. The number of carbonyl (C=O) groups excluding carboxylic acids is 1. The van der Waals surface area contributed by atoms with E-state index in [-0.39, 0.29) is 12.1 Å². The molecule has 0 saturated carbocycles. The summed E-state index contributed by atoms with van der Waals surface area (Å²) < 4.78 is 10.7. The zero-order valence-corrected chi connectivity index (χ0v) is 18.3. The van der Waals surface area contributed by atoms with E-state index in [9.17, 15) is 10.1 Å². The largest absolute Gasteiger partial charge is 0.444 e. The van der Waals surface area contributed by atoms with Gasteiger partial charge >= 0.3 is 6.09 Å². The third kappa shape index (κ3) is 3.54. The standard InChI is InChI=1S/C22H20N7O2P/c23-8-7-22(13-27(32)14-22)29-11-17(10-26-29)19-18-6-9-28(20(18)25-15-24-19)21(30)31-12-16-4-2-1-3-5-16/h1-6,9-11,15H,7,12-14,32H2. The molecular weight excluding hydrogens is 425 g/mol. The molecule has 4 heterocycles. The van der Waals surface area contributed by atoms with Gasteiger partial charge in [0, 0.05) is 36.4 Å². The molecule has 4 aromatic rings. The molecule has 10 heteroatoms. The third-order valence-corrected chi connectivity index (χ3v) is 5.99. The summed E-state index contributed by atoms with van der Waals surface area (Å²) in [5, 5.41) is 14.5. The van der Waals surface area contributed by atoms with E-state index in [0.29, 0.717) is 17.8 Å². The first kappa shape index (κ1) is 20.3. The minimum Gasteiger partial charge on any atom is -0.444 e. The van der Waals surface area contributed by atoms with Crippen molar-refractivity contribution in [1.29, 1.82) is 5.26 Å². The molecule has 0 amide bonds. The van der Waals surface area contributed by atoms with Gasteiger partial charge in [0.25, 0.3) is 0 Å². The summed E-state index contributed by atoms with van der Waals surface area (Å²) in [5.74, 6) is 0. The van der Waals surface area contributed by atoms with E-state index in [2.05, 4.69) is 35.2 Å². The van der Waals surface area contributed by atoms with Crippen molar-refractivity contribution in [2.24, 2.45) is 0 Å². The molecular formula is C22H20N7O2P. The Morgan fingerprint density at radius 1 is 1.22 bits per heavy atom. The molecule has 1 aromatic carbocycles. The van der Waals surface area contributed by atoms with Gasteiger partial charge in [0.2, 0.25) is 0 Å². The molecule has 32 heavy (non-hydrogen) atoms. The Hall–Kier alpha value is -3.60. The smallest absolute Gasteiger partial charge is 0.420 e. The zero-order valence-electron chi connectivity index (χ0n) is 17.1. The number of hydrogen-bond acceptors (Lipinski definition) is 7. The summed E-state index contributed by atoms with van der Waals surface area (Å²) >= 11 is 0. The van der Waals surface area contributed by atoms with Crippen LogP contribution in [0.1, 0.15) is 12.0 Å². The second-order valence-corrected chi connectivity index (χ2v) is 8.55. The molecule has 1 fully saturated rings. The van der Waals surface area contributed by atoms with Gasteiger partial charge in [-0.25, -0.2) is 19.3 Å². The summed E-state index contributed by atoms with van der Waals surface area (Å²) in [4.78, 5) is 21.4. The van der Waals surface area contributed by atoms with Gasteiger partial charge in [0.15, 0.2) is 5.65 Å². The van der Waals surface area contributed by atoms with Crippen molar-refractivity contribution in [2.45, 2.75) is 18.6 Å². The maximum absolute atomic E-state index is 12.7. The van der Waals surface area contributed by atoms with E-state index < -0.39 is 6.09 Å². The van der Waals surface area contributed by atoms with Gasteiger partial charge < -0.3 is 4.74 Å². The lowest BCUT2D eigenvalue weighted by atomic mass is 9.89. The Kier molecular flexibility index (Phi) is 5.17. The molecule has 0 radical (unpaired) electrons. The van der Waals surface area contributed by atoms with Crippen LogP contribution in [-0.4, -0.2) is 48.2 Å². The number of carbonyl (C=O) groups is 1. The van der Waals surface area contributed by atoms with E-state index in [1.54, 1.807) is 18.5 Å². The van der Waals surface area contributed by atoms with Crippen LogP contribution in [0, 0.1) is 11.3 Å². The van der Waals surface area contributed by atoms with Crippen LogP contribution in [0.3, 0.4) is 0 Å². The molecule has 0 N–H and O–H groups in total. The predicted octanol–water partition coefficient (Wildman–Crippen LogP) is 3.19. The summed E-state index contributed by atoms with van der Waals surface area (Å²) in [6, 6.07) is 13.6. The number of nitriles is 1. The van der Waals surface area contributed by atoms with E-state index >= 15 is 0 Å². The van der Waals surface area contributed by atoms with Crippen LogP contribution in [0.2, 0.25) is 0 Å². The lowest BCUT2D eigenvalue weighted by molar-refractivity contribution is 0.0802. The van der Waals surface area contributed by atoms with Gasteiger partial charge in [0.05, 0.1) is 24.4 Å². The highest BCUT2D eigenvalue weighted by molar-refractivity contribution is 7.13. The first-order valence-corrected chi connectivity index (χ1v) is 10.6. The number of rotatable bonds is 5. The minimum atomic E-state index is -0.507. The first-order valence-electron chi connectivity index (χ1n) is 10.0. The van der Waals surface area contributed by atoms with E-state index in [0.717, 1.165) is 29.6 Å². The van der Waals surface area contributed by atoms with Crippen molar-refractivity contribution in [3.05, 3.63) is 66.9 Å². The molecule has 1 unspecified atom stereocenters. The molecule has 1 saturated heterocycles. The monoisotopic (exact) mass is 445 g/mol. The molecule has 0 aliphatic carbocycles. The quantitative estimate of drug-likeness (QED) is 0.435. The Balaban J connectivity index is 1.42. The fourth-order valence-corrected chi connectivity index (χ4v) is 4.70. The van der Waals surface area contributed by atoms with Crippen LogP contribution in [0.5, 0.6) is 0 Å². The SMILES string of the molecule is N#CCC1(n2cc(-c3ncnc4c3ccn4C(=O)OCc3ccccc3)cn2)CN(P)C1. The van der Waals surface area contributed by atoms with Gasteiger partial charge in [-0.2, -0.15) is 10.4 Å². The maximum atomic E-state index is 12.7. The Bertz CT molecular complexity index is 1320. The van der Waals surface area contributed by atoms with Crippen molar-refractivity contribution in [3.63, 3.8) is 0 Å². The topological polar surface area (TPSA) is 102 Å². The van der Waals surface area contributed by atoms with Crippen LogP contribution in [0.25, 0.3) is 22.3 Å². The lowest BCUT2D eigenvalue weighted by Gasteiger charge is -2.47. The van der Waals surface area contributed by atoms with Gasteiger partial charge in [0.1, 0.15) is 18.5 Å². The van der Waals surface area contributed by atoms with E-state index in [1.807, 2.05) is 41.2 Å². The number of aromatic nitrogens is 5. The number of benzene rings is 1. The fraction of sp³-hybridized carbons (Fsp3) is 0.227. The highest BCUT2D eigenvalue weighted by Gasteiger charge is 2.43. The minimum absolute atomic E-state index is 0.178. The molecule has 3 aromatic heterocycles. The number of ether oxygens (including phenoxy) is 1. The number of hydrogen-bond donors (Lipinski definition) is 0. The highest BCUT2D eigenvalue weighted by Crippen LogP contribution is 2.35. The highest BCUT2D eigenvalue weighted by atomic mass is 31.0. The van der Waals surface area contributed by atoms with E-state index in [1.165, 1.54) is 10.9 Å². The second-order valence-electron chi connectivity index (χ2n) is 7.82. The Morgan fingerprint density at radius 2 is 2.03 bits per heavy atom. The van der Waals surface area contributed by atoms with Crippen molar-refractivity contribution in [3.8, 4) is 17.3 Å². The van der Waals surface area contributed by atoms with Crippen LogP contribution in [-0.2, 0) is 16.9 Å². The molecule has 0 spiro atoms. The predicted molar refractivity (Wildman–Crippen MR) is 120 cm³/mol. The molecule has 5 rings (SSSR count). The van der Waals surface area contributed by atoms with Crippen LogP contribution < -0.4 is 0 Å². The molecule has 0 bridgehead atoms. The third-order valence-electron chi connectivity index (χ3n) is 5.63. The number of nitrogens with zero attached hydrogens (tertiary/aromatic N) is 7. The van der Waals surface area contributed by atoms with Gasteiger partial charge in [-0.15, -0.1) is 0 Å². The summed E-state index contributed by atoms with van der Waals surface area (Å²) in [5.41, 5.74) is 2.50. The fourth-order valence-electron chi connectivity index (χ4n) is 4.02. The van der Waals surface area contributed by atoms with Crippen LogP contribution in [0.15, 0.2) is 61.3 Å². The van der Waals surface area contributed by atoms with Gasteiger partial charge in [-0.1, -0.05) is 39.7 Å². The zero-order chi connectivity index (χ0) is 22.1. The molecule has 1 aliphatic heterocycles. The van der Waals surface area contributed by atoms with Gasteiger partial charge in [-0.3, -0.25) is 9.35 Å². The van der Waals surface area contributed by atoms with E-state index in [4.69, 9.17) is 4.74 Å². The summed E-state index contributed by atoms with van der Waals surface area (Å²) in [7, 11) is 2.65. The first-order chi connectivity index (χ1) is 15.6. The van der Waals surface area contributed by atoms with Crippen molar-refractivity contribution in [2.75, 3.05) is 13.1 Å². The van der Waals surface area contributed by atoms with Crippen molar-refractivity contribution < 1.29 is 9.53 Å². The molecule has 160 valence electrons. The average Bonchev–Trinajstić information content (AvgIpc) is 3.45. The summed E-state index contributed by atoms with van der Waals surface area (Å²) in [6.45, 7) is 1.64. The maximum Gasteiger partial charge on any atom is 0.420 e. The van der Waals surface area contributed by atoms with Gasteiger partial charge in [-0.05, 0) is 11.6 Å². The Morgan fingerprint density at radius 3 is 2.78 bits per heavy atom. The Labute approximate surface area is 186 Å². The molecule has 1 aliphatic rings. The molecule has 1 atom stereocenters.